The van der Waals surface area contributed by atoms with Crippen molar-refractivity contribution >= 4 is 17.3 Å². The third kappa shape index (κ3) is 1.79. The van der Waals surface area contributed by atoms with E-state index in [1.165, 1.54) is 37.7 Å². The molecule has 0 unspecified atom stereocenters. The van der Waals surface area contributed by atoms with Crippen LogP contribution in [0, 0.1) is 22.0 Å². The zero-order valence-electron chi connectivity index (χ0n) is 11.3. The van der Waals surface area contributed by atoms with Crippen molar-refractivity contribution in [3.8, 4) is 0 Å². The fourth-order valence-corrected chi connectivity index (χ4v) is 6.12. The van der Waals surface area contributed by atoms with E-state index in [1.54, 1.807) is 12.1 Å². The lowest BCUT2D eigenvalue weighted by molar-refractivity contribution is -0.384. The summed E-state index contributed by atoms with van der Waals surface area (Å²) in [5.41, 5.74) is 1.63. The van der Waals surface area contributed by atoms with Crippen molar-refractivity contribution in [2.75, 3.05) is 0 Å². The van der Waals surface area contributed by atoms with Crippen molar-refractivity contribution in [2.45, 2.75) is 48.8 Å². The van der Waals surface area contributed by atoms with E-state index < -0.39 is 0 Å². The van der Waals surface area contributed by atoms with Crippen LogP contribution >= 0.6 is 11.6 Å². The molecule has 4 aliphatic rings. The maximum Gasteiger partial charge on any atom is 0.269 e. The number of halogens is 1. The molecular formula is C16H18ClNO2. The summed E-state index contributed by atoms with van der Waals surface area (Å²) in [4.78, 5) is 10.5. The first-order chi connectivity index (χ1) is 9.48. The molecule has 0 radical (unpaired) electrons. The topological polar surface area (TPSA) is 43.1 Å². The molecule has 0 aliphatic heterocycles. The van der Waals surface area contributed by atoms with E-state index in [9.17, 15) is 10.1 Å². The second-order valence-corrected chi connectivity index (χ2v) is 8.00. The van der Waals surface area contributed by atoms with E-state index in [-0.39, 0.29) is 20.9 Å². The van der Waals surface area contributed by atoms with Crippen molar-refractivity contribution in [3.05, 3.63) is 39.9 Å². The van der Waals surface area contributed by atoms with Crippen LogP contribution in [-0.2, 0) is 5.41 Å². The summed E-state index contributed by atoms with van der Waals surface area (Å²) in [6.07, 6.45) is 7.15. The number of nitrogens with zero attached hydrogens (tertiary/aromatic N) is 1. The summed E-state index contributed by atoms with van der Waals surface area (Å²) < 4.78 is 0. The van der Waals surface area contributed by atoms with Crippen LogP contribution in [-0.4, -0.2) is 9.80 Å². The Hall–Kier alpha value is -1.09. The molecule has 0 saturated heterocycles. The van der Waals surface area contributed by atoms with Gasteiger partial charge in [-0.3, -0.25) is 10.1 Å². The molecule has 0 spiro atoms. The van der Waals surface area contributed by atoms with Crippen LogP contribution in [0.3, 0.4) is 0 Å². The van der Waals surface area contributed by atoms with Gasteiger partial charge in [0, 0.05) is 17.0 Å². The summed E-state index contributed by atoms with van der Waals surface area (Å²) in [5.74, 6) is 1.51. The number of benzene rings is 1. The molecule has 0 heterocycles. The Balaban J connectivity index is 1.72. The normalized spacial score (nSPS) is 41.9. The van der Waals surface area contributed by atoms with Crippen LogP contribution < -0.4 is 0 Å². The third-order valence-corrected chi connectivity index (χ3v) is 6.12. The summed E-state index contributed by atoms with van der Waals surface area (Å²) in [7, 11) is 0. The molecule has 4 aliphatic carbocycles. The standard InChI is InChI=1S/C16H18ClNO2/c17-16-8-11-5-12(9-16)7-15(6-11,10-16)13-1-3-14(4-2-13)18(19)20/h1-4,11-12H,5-10H2/t11-,12-,15?,16?/m1/s1. The third-order valence-electron chi connectivity index (χ3n) is 5.68. The molecule has 3 nitrogen and oxygen atoms in total. The molecule has 0 aromatic heterocycles. The largest absolute Gasteiger partial charge is 0.269 e. The van der Waals surface area contributed by atoms with E-state index in [4.69, 9.17) is 11.6 Å². The lowest BCUT2D eigenvalue weighted by Crippen LogP contribution is -2.55. The van der Waals surface area contributed by atoms with Gasteiger partial charge in [-0.2, -0.15) is 0 Å². The van der Waals surface area contributed by atoms with E-state index >= 15 is 0 Å². The van der Waals surface area contributed by atoms with Crippen molar-refractivity contribution < 1.29 is 4.92 Å². The van der Waals surface area contributed by atoms with Gasteiger partial charge in [0.05, 0.1) is 4.92 Å². The molecular weight excluding hydrogens is 274 g/mol. The Morgan fingerprint density at radius 1 is 1.10 bits per heavy atom. The average Bonchev–Trinajstić information content (AvgIpc) is 2.36. The summed E-state index contributed by atoms with van der Waals surface area (Å²) >= 11 is 6.84. The predicted molar refractivity (Wildman–Crippen MR) is 78.0 cm³/mol. The highest BCUT2D eigenvalue weighted by molar-refractivity contribution is 6.24. The Morgan fingerprint density at radius 2 is 1.70 bits per heavy atom. The molecule has 0 amide bonds. The van der Waals surface area contributed by atoms with Crippen molar-refractivity contribution in [1.29, 1.82) is 0 Å². The first-order valence-corrected chi connectivity index (χ1v) is 7.80. The maximum absolute atomic E-state index is 10.8. The SMILES string of the molecule is O=[N+]([O-])c1ccc(C23C[C@H]4C[C@@H](CC(Cl)(C4)C2)C3)cc1. The monoisotopic (exact) mass is 291 g/mol. The highest BCUT2D eigenvalue weighted by atomic mass is 35.5. The highest BCUT2D eigenvalue weighted by Gasteiger charge is 2.57. The molecule has 4 saturated carbocycles. The van der Waals surface area contributed by atoms with E-state index in [0.29, 0.717) is 0 Å². The first kappa shape index (κ1) is 12.6. The molecule has 4 fully saturated rings. The van der Waals surface area contributed by atoms with Crippen LogP contribution in [0.25, 0.3) is 0 Å². The van der Waals surface area contributed by atoms with E-state index in [1.807, 2.05) is 12.1 Å². The minimum absolute atomic E-state index is 0.00808. The maximum atomic E-state index is 10.8. The fraction of sp³-hybridized carbons (Fsp3) is 0.625. The molecule has 5 rings (SSSR count). The van der Waals surface area contributed by atoms with Crippen molar-refractivity contribution in [3.63, 3.8) is 0 Å². The van der Waals surface area contributed by atoms with Crippen LogP contribution in [0.1, 0.15) is 44.1 Å². The number of non-ortho nitro benzene ring substituents is 1. The number of rotatable bonds is 2. The van der Waals surface area contributed by atoms with Gasteiger partial charge in [0.2, 0.25) is 0 Å². The molecule has 1 aromatic rings. The van der Waals surface area contributed by atoms with Gasteiger partial charge in [-0.25, -0.2) is 0 Å². The lowest BCUT2D eigenvalue weighted by atomic mass is 9.47. The summed E-state index contributed by atoms with van der Waals surface area (Å²) in [6.45, 7) is 0. The minimum Gasteiger partial charge on any atom is -0.258 e. The van der Waals surface area contributed by atoms with Gasteiger partial charge in [-0.05, 0) is 61.3 Å². The van der Waals surface area contributed by atoms with Crippen molar-refractivity contribution in [2.24, 2.45) is 11.8 Å². The predicted octanol–water partition coefficient (Wildman–Crippen LogP) is 4.42. The molecule has 2 atom stereocenters. The van der Waals surface area contributed by atoms with Gasteiger partial charge in [-0.1, -0.05) is 12.1 Å². The molecule has 0 N–H and O–H groups in total. The Morgan fingerprint density at radius 3 is 2.20 bits per heavy atom. The minimum atomic E-state index is -0.327. The van der Waals surface area contributed by atoms with Gasteiger partial charge in [-0.15, -0.1) is 11.6 Å². The second-order valence-electron chi connectivity index (χ2n) is 7.20. The number of alkyl halides is 1. The first-order valence-electron chi connectivity index (χ1n) is 7.42. The van der Waals surface area contributed by atoms with Gasteiger partial charge in [0.25, 0.3) is 5.69 Å². The fourth-order valence-electron chi connectivity index (χ4n) is 5.43. The Kier molecular flexibility index (Phi) is 2.51. The molecule has 4 bridgehead atoms. The molecule has 106 valence electrons. The number of hydrogen-bond acceptors (Lipinski definition) is 2. The molecule has 20 heavy (non-hydrogen) atoms. The Labute approximate surface area is 123 Å². The number of nitro groups is 1. The Bertz CT molecular complexity index is 554. The van der Waals surface area contributed by atoms with Crippen LogP contribution in [0.4, 0.5) is 5.69 Å². The van der Waals surface area contributed by atoms with Crippen molar-refractivity contribution in [1.82, 2.24) is 0 Å². The molecule has 1 aromatic carbocycles. The average molecular weight is 292 g/mol. The number of hydrogen-bond donors (Lipinski definition) is 0. The van der Waals surface area contributed by atoms with Crippen LogP contribution in [0.2, 0.25) is 0 Å². The smallest absolute Gasteiger partial charge is 0.258 e. The summed E-state index contributed by atoms with van der Waals surface area (Å²) in [6, 6.07) is 7.22. The van der Waals surface area contributed by atoms with Gasteiger partial charge < -0.3 is 0 Å². The lowest BCUT2D eigenvalue weighted by Gasteiger charge is -2.60. The zero-order chi connectivity index (χ0) is 14.0. The van der Waals surface area contributed by atoms with Gasteiger partial charge in [0.15, 0.2) is 0 Å². The highest BCUT2D eigenvalue weighted by Crippen LogP contribution is 2.64. The molecule has 4 heteroatoms. The quantitative estimate of drug-likeness (QED) is 0.460. The zero-order valence-corrected chi connectivity index (χ0v) is 12.1. The number of nitro benzene ring substituents is 1. The summed E-state index contributed by atoms with van der Waals surface area (Å²) in [5, 5.41) is 10.8. The van der Waals surface area contributed by atoms with E-state index in [0.717, 1.165) is 18.3 Å². The van der Waals surface area contributed by atoms with Crippen LogP contribution in [0.5, 0.6) is 0 Å². The van der Waals surface area contributed by atoms with Crippen LogP contribution in [0.15, 0.2) is 24.3 Å². The second kappa shape index (κ2) is 3.97. The van der Waals surface area contributed by atoms with Gasteiger partial charge in [0.1, 0.15) is 0 Å². The van der Waals surface area contributed by atoms with E-state index in [2.05, 4.69) is 0 Å². The van der Waals surface area contributed by atoms with Gasteiger partial charge >= 0.3 is 0 Å².